The highest BCUT2D eigenvalue weighted by atomic mass is 16.5. The van der Waals surface area contributed by atoms with E-state index >= 15 is 0 Å². The molecule has 34 heavy (non-hydrogen) atoms. The second-order valence-electron chi connectivity index (χ2n) is 14.7. The Bertz CT molecular complexity index is 871. The van der Waals surface area contributed by atoms with Gasteiger partial charge in [-0.25, -0.2) is 0 Å². The van der Waals surface area contributed by atoms with E-state index in [1.54, 1.807) is 0 Å². The number of nitrogens with zero attached hydrogens (tertiary/aromatic N) is 1. The first-order chi connectivity index (χ1) is 16.2. The van der Waals surface area contributed by atoms with E-state index in [4.69, 9.17) is 4.74 Å². The molecule has 190 valence electrons. The van der Waals surface area contributed by atoms with Crippen LogP contribution in [0.2, 0.25) is 0 Å². The number of hydrogen-bond acceptors (Lipinski definition) is 3. The average molecular weight is 470 g/mol. The molecule has 7 aliphatic rings. The van der Waals surface area contributed by atoms with Crippen molar-refractivity contribution >= 4 is 5.91 Å². The lowest BCUT2D eigenvalue weighted by molar-refractivity contribution is -0.142. The molecule has 7 fully saturated rings. The quantitative estimate of drug-likeness (QED) is 0.575. The molecule has 4 heteroatoms. The van der Waals surface area contributed by atoms with E-state index in [1.807, 2.05) is 0 Å². The molecule has 4 nitrogen and oxygen atoms in total. The van der Waals surface area contributed by atoms with E-state index in [0.717, 1.165) is 68.9 Å². The van der Waals surface area contributed by atoms with Crippen LogP contribution < -0.4 is 0 Å². The zero-order chi connectivity index (χ0) is 23.5. The fraction of sp³-hybridized carbons (Fsp3) is 0.967. The van der Waals surface area contributed by atoms with Crippen molar-refractivity contribution < 1.29 is 14.6 Å². The number of fused-ring (bicyclic) bond motifs is 4. The first-order valence-corrected chi connectivity index (χ1v) is 14.8. The fourth-order valence-electron chi connectivity index (χ4n) is 11.7. The highest BCUT2D eigenvalue weighted by Crippen LogP contribution is 2.87. The van der Waals surface area contributed by atoms with E-state index in [-0.39, 0.29) is 17.6 Å². The molecule has 0 aromatic heterocycles. The standard InChI is InChI=1S/C30H47NO3/c1-27(2)24-10-9-20-22-16-23-21(8-7-19(34-23)17-31-15-5-4-6-26(31)33)28(22,3)13-14-29(20)18-30(24,29)12-11-25(27)32/h19-25,32H,4-18H2,1-3H3/t19?,20?,21?,22?,23?,24?,25-,28?,29?,30?/m0/s1. The summed E-state index contributed by atoms with van der Waals surface area (Å²) in [5.41, 5.74) is 1.64. The van der Waals surface area contributed by atoms with Gasteiger partial charge in [-0.2, -0.15) is 0 Å². The predicted molar refractivity (Wildman–Crippen MR) is 132 cm³/mol. The SMILES string of the molecule is CC12CCC34CC35CC[C@H](O)C(C)(C)C5CCC4C1CC1OC(CN3CCCCC3=O)CCC12. The zero-order valence-corrected chi connectivity index (χ0v) is 21.9. The van der Waals surface area contributed by atoms with Crippen molar-refractivity contribution in [2.24, 2.45) is 45.3 Å². The van der Waals surface area contributed by atoms with E-state index < -0.39 is 0 Å². The minimum absolute atomic E-state index is 0.0827. The second-order valence-corrected chi connectivity index (χ2v) is 14.7. The van der Waals surface area contributed by atoms with Crippen molar-refractivity contribution in [1.29, 1.82) is 0 Å². The molecule has 2 spiro atoms. The third-order valence-corrected chi connectivity index (χ3v) is 13.5. The van der Waals surface area contributed by atoms with Gasteiger partial charge in [0.15, 0.2) is 0 Å². The van der Waals surface area contributed by atoms with Crippen LogP contribution in [0.25, 0.3) is 0 Å². The van der Waals surface area contributed by atoms with Crippen molar-refractivity contribution in [3.63, 3.8) is 0 Å². The monoisotopic (exact) mass is 469 g/mol. The smallest absolute Gasteiger partial charge is 0.222 e. The number of ether oxygens (including phenoxy) is 1. The first-order valence-electron chi connectivity index (χ1n) is 14.8. The van der Waals surface area contributed by atoms with Gasteiger partial charge in [0.05, 0.1) is 18.3 Å². The van der Waals surface area contributed by atoms with E-state index in [2.05, 4.69) is 25.7 Å². The summed E-state index contributed by atoms with van der Waals surface area (Å²) in [5, 5.41) is 10.9. The van der Waals surface area contributed by atoms with Crippen LogP contribution in [0.4, 0.5) is 0 Å². The average Bonchev–Trinajstić information content (AvgIpc) is 3.39. The maximum absolute atomic E-state index is 12.4. The number of carbonyl (C=O) groups excluding carboxylic acids is 1. The molecule has 2 saturated heterocycles. The molecule has 1 N–H and O–H groups in total. The zero-order valence-electron chi connectivity index (χ0n) is 21.9. The molecule has 5 saturated carbocycles. The van der Waals surface area contributed by atoms with Gasteiger partial charge in [-0.1, -0.05) is 20.8 Å². The summed E-state index contributed by atoms with van der Waals surface area (Å²) in [5.74, 6) is 3.49. The number of piperidine rings is 1. The molecular formula is C30H47NO3. The first kappa shape index (κ1) is 22.6. The van der Waals surface area contributed by atoms with Gasteiger partial charge >= 0.3 is 0 Å². The number of carbonyl (C=O) groups is 1. The Kier molecular flexibility index (Phi) is 4.81. The van der Waals surface area contributed by atoms with Crippen LogP contribution in [0.15, 0.2) is 0 Å². The van der Waals surface area contributed by atoms with Gasteiger partial charge in [-0.15, -0.1) is 0 Å². The molecule has 0 aromatic rings. The molecule has 7 rings (SSSR count). The molecule has 10 atom stereocenters. The van der Waals surface area contributed by atoms with Crippen molar-refractivity contribution in [2.45, 2.75) is 123 Å². The molecule has 1 amide bonds. The number of amides is 1. The lowest BCUT2D eigenvalue weighted by Gasteiger charge is -2.59. The summed E-state index contributed by atoms with van der Waals surface area (Å²) in [6, 6.07) is 0. The number of aliphatic hydroxyl groups is 1. The summed E-state index contributed by atoms with van der Waals surface area (Å²) in [6.45, 7) is 9.15. The van der Waals surface area contributed by atoms with Crippen LogP contribution >= 0.6 is 0 Å². The van der Waals surface area contributed by atoms with Crippen molar-refractivity contribution in [1.82, 2.24) is 4.90 Å². The topological polar surface area (TPSA) is 49.8 Å². The minimum atomic E-state index is -0.113. The molecule has 0 radical (unpaired) electrons. The van der Waals surface area contributed by atoms with Crippen LogP contribution in [0.3, 0.4) is 0 Å². The molecule has 2 aliphatic heterocycles. The highest BCUT2D eigenvalue weighted by Gasteiger charge is 2.80. The lowest BCUT2D eigenvalue weighted by atomic mass is 9.46. The van der Waals surface area contributed by atoms with Gasteiger partial charge in [0.2, 0.25) is 5.91 Å². The van der Waals surface area contributed by atoms with Gasteiger partial charge < -0.3 is 14.7 Å². The van der Waals surface area contributed by atoms with Crippen LogP contribution in [-0.4, -0.2) is 47.3 Å². The summed E-state index contributed by atoms with van der Waals surface area (Å²) >= 11 is 0. The van der Waals surface area contributed by atoms with Gasteiger partial charge in [0, 0.05) is 19.5 Å². The molecule has 0 bridgehead atoms. The Morgan fingerprint density at radius 3 is 2.59 bits per heavy atom. The number of likely N-dealkylation sites (tertiary alicyclic amines) is 1. The van der Waals surface area contributed by atoms with Crippen molar-refractivity contribution in [2.75, 3.05) is 13.1 Å². The Morgan fingerprint density at radius 2 is 1.76 bits per heavy atom. The van der Waals surface area contributed by atoms with Crippen LogP contribution in [-0.2, 0) is 9.53 Å². The largest absolute Gasteiger partial charge is 0.393 e. The lowest BCUT2D eigenvalue weighted by Crippen LogP contribution is -2.54. The van der Waals surface area contributed by atoms with E-state index in [9.17, 15) is 9.90 Å². The predicted octanol–water partition coefficient (Wildman–Crippen LogP) is 5.57. The number of hydrogen-bond donors (Lipinski definition) is 1. The Morgan fingerprint density at radius 1 is 0.941 bits per heavy atom. The normalized spacial score (nSPS) is 55.5. The maximum Gasteiger partial charge on any atom is 0.222 e. The van der Waals surface area contributed by atoms with Crippen molar-refractivity contribution in [3.05, 3.63) is 0 Å². The van der Waals surface area contributed by atoms with Crippen LogP contribution in [0.5, 0.6) is 0 Å². The highest BCUT2D eigenvalue weighted by molar-refractivity contribution is 5.76. The maximum atomic E-state index is 12.4. The summed E-state index contributed by atoms with van der Waals surface area (Å²) in [4.78, 5) is 14.5. The number of aliphatic hydroxyl groups excluding tert-OH is 1. The fourth-order valence-corrected chi connectivity index (χ4v) is 11.7. The van der Waals surface area contributed by atoms with E-state index in [0.29, 0.717) is 28.3 Å². The van der Waals surface area contributed by atoms with E-state index in [1.165, 1.54) is 51.4 Å². The molecule has 5 aliphatic carbocycles. The van der Waals surface area contributed by atoms with Gasteiger partial charge in [-0.05, 0) is 122 Å². The molecular weight excluding hydrogens is 422 g/mol. The van der Waals surface area contributed by atoms with Gasteiger partial charge in [-0.3, -0.25) is 4.79 Å². The summed E-state index contributed by atoms with van der Waals surface area (Å²) in [7, 11) is 0. The van der Waals surface area contributed by atoms with Crippen LogP contribution in [0, 0.1) is 45.3 Å². The Labute approximate surface area is 206 Å². The third-order valence-electron chi connectivity index (χ3n) is 13.5. The molecule has 9 unspecified atom stereocenters. The minimum Gasteiger partial charge on any atom is -0.393 e. The van der Waals surface area contributed by atoms with Gasteiger partial charge in [0.1, 0.15) is 0 Å². The Balaban J connectivity index is 1.10. The van der Waals surface area contributed by atoms with Gasteiger partial charge in [0.25, 0.3) is 0 Å². The number of rotatable bonds is 2. The second kappa shape index (κ2) is 7.24. The molecule has 0 aromatic carbocycles. The Hall–Kier alpha value is -0.610. The summed E-state index contributed by atoms with van der Waals surface area (Å²) in [6.07, 6.45) is 16.5. The van der Waals surface area contributed by atoms with Crippen molar-refractivity contribution in [3.8, 4) is 0 Å². The summed E-state index contributed by atoms with van der Waals surface area (Å²) < 4.78 is 6.87. The van der Waals surface area contributed by atoms with Crippen LogP contribution in [0.1, 0.15) is 104 Å². The third kappa shape index (κ3) is 2.77. The molecule has 2 heterocycles.